The summed E-state index contributed by atoms with van der Waals surface area (Å²) in [5.74, 6) is 0.549. The van der Waals surface area contributed by atoms with Gasteiger partial charge in [-0.2, -0.15) is 5.10 Å². The quantitative estimate of drug-likeness (QED) is 0.857. The molecule has 1 heterocycles. The zero-order valence-electron chi connectivity index (χ0n) is 14.0. The average molecular weight is 326 g/mol. The lowest BCUT2D eigenvalue weighted by molar-refractivity contribution is -0.122. The molecule has 5 heteroatoms. The van der Waals surface area contributed by atoms with Gasteiger partial charge in [-0.3, -0.25) is 4.79 Å². The van der Waals surface area contributed by atoms with Gasteiger partial charge in [0.25, 0.3) is 0 Å². The first-order valence-corrected chi connectivity index (χ1v) is 8.84. The lowest BCUT2D eigenvalue weighted by Crippen LogP contribution is -2.41. The van der Waals surface area contributed by atoms with Gasteiger partial charge in [-0.15, -0.1) is 0 Å². The molecule has 0 radical (unpaired) electrons. The van der Waals surface area contributed by atoms with E-state index in [9.17, 15) is 4.79 Å². The van der Waals surface area contributed by atoms with Gasteiger partial charge in [-0.05, 0) is 24.5 Å². The number of benzene rings is 1. The van der Waals surface area contributed by atoms with Crippen LogP contribution in [0.3, 0.4) is 0 Å². The molecule has 1 atom stereocenters. The van der Waals surface area contributed by atoms with Crippen molar-refractivity contribution in [1.82, 2.24) is 15.1 Å². The average Bonchev–Trinajstić information content (AvgIpc) is 3.10. The van der Waals surface area contributed by atoms with Gasteiger partial charge < -0.3 is 11.1 Å². The molecule has 1 aromatic carbocycles. The van der Waals surface area contributed by atoms with Crippen molar-refractivity contribution in [2.24, 2.45) is 11.7 Å². The molecule has 1 aromatic heterocycles. The number of aromatic nitrogens is 2. The Morgan fingerprint density at radius 2 is 2.00 bits per heavy atom. The Balaban J connectivity index is 1.48. The smallest absolute Gasteiger partial charge is 0.237 e. The Bertz CT molecular complexity index is 646. The molecule has 0 bridgehead atoms. The predicted octanol–water partition coefficient (Wildman–Crippen LogP) is 2.79. The molecule has 0 aliphatic heterocycles. The van der Waals surface area contributed by atoms with Crippen LogP contribution < -0.4 is 11.1 Å². The van der Waals surface area contributed by atoms with Crippen molar-refractivity contribution in [2.75, 3.05) is 0 Å². The number of carbonyl (C=O) groups excluding carboxylic acids is 1. The normalized spacial score (nSPS) is 16.7. The Morgan fingerprint density at radius 1 is 1.25 bits per heavy atom. The number of hydrogen-bond acceptors (Lipinski definition) is 3. The van der Waals surface area contributed by atoms with Gasteiger partial charge in [-0.1, -0.05) is 50.3 Å². The van der Waals surface area contributed by atoms with E-state index >= 15 is 0 Å². The van der Waals surface area contributed by atoms with Crippen LogP contribution in [0.5, 0.6) is 0 Å². The van der Waals surface area contributed by atoms with E-state index < -0.39 is 6.04 Å². The number of hydrogen-bond donors (Lipinski definition) is 2. The lowest BCUT2D eigenvalue weighted by atomic mass is 9.85. The molecular weight excluding hydrogens is 300 g/mol. The van der Waals surface area contributed by atoms with E-state index in [-0.39, 0.29) is 5.91 Å². The van der Waals surface area contributed by atoms with Crippen LogP contribution >= 0.6 is 0 Å². The third kappa shape index (κ3) is 4.45. The molecule has 24 heavy (non-hydrogen) atoms. The minimum Gasteiger partial charge on any atom is -0.351 e. The van der Waals surface area contributed by atoms with Gasteiger partial charge in [0.1, 0.15) is 0 Å². The minimum atomic E-state index is -0.405. The molecule has 1 aliphatic rings. The van der Waals surface area contributed by atoms with Gasteiger partial charge in [-0.25, -0.2) is 4.68 Å². The standard InChI is InChI=1S/C19H26N4O/c20-18(11-15-7-3-1-4-8-15)19(24)21-12-16-13-22-23(14-16)17-9-5-2-6-10-17/h2,5-6,9-10,13-15,18H,1,3-4,7-8,11-12,20H2,(H,21,24). The van der Waals surface area contributed by atoms with Crippen LogP contribution in [0.1, 0.15) is 44.1 Å². The number of nitrogens with one attached hydrogen (secondary N) is 1. The van der Waals surface area contributed by atoms with Gasteiger partial charge >= 0.3 is 0 Å². The van der Waals surface area contributed by atoms with E-state index in [1.54, 1.807) is 6.20 Å². The second-order valence-corrected chi connectivity index (χ2v) is 6.69. The molecular formula is C19H26N4O. The fraction of sp³-hybridized carbons (Fsp3) is 0.474. The van der Waals surface area contributed by atoms with E-state index in [1.165, 1.54) is 32.1 Å². The number of amides is 1. The highest BCUT2D eigenvalue weighted by molar-refractivity contribution is 5.81. The highest BCUT2D eigenvalue weighted by Gasteiger charge is 2.21. The highest BCUT2D eigenvalue weighted by Crippen LogP contribution is 2.26. The molecule has 1 saturated carbocycles. The van der Waals surface area contributed by atoms with Crippen LogP contribution in [-0.4, -0.2) is 21.7 Å². The summed E-state index contributed by atoms with van der Waals surface area (Å²) in [6, 6.07) is 9.51. The number of nitrogens with two attached hydrogens (primary N) is 1. The van der Waals surface area contributed by atoms with Crippen molar-refractivity contribution >= 4 is 5.91 Å². The molecule has 0 saturated heterocycles. The second kappa shape index (κ2) is 8.11. The molecule has 0 spiro atoms. The first-order chi connectivity index (χ1) is 11.7. The van der Waals surface area contributed by atoms with Crippen molar-refractivity contribution in [1.29, 1.82) is 0 Å². The monoisotopic (exact) mass is 326 g/mol. The number of nitrogens with zero attached hydrogens (tertiary/aromatic N) is 2. The molecule has 3 N–H and O–H groups in total. The molecule has 3 rings (SSSR count). The summed E-state index contributed by atoms with van der Waals surface area (Å²) in [6.07, 6.45) is 10.8. The van der Waals surface area contributed by atoms with E-state index in [0.717, 1.165) is 17.7 Å². The maximum atomic E-state index is 12.2. The Morgan fingerprint density at radius 3 is 2.75 bits per heavy atom. The zero-order chi connectivity index (χ0) is 16.8. The van der Waals surface area contributed by atoms with Crippen molar-refractivity contribution in [3.8, 4) is 5.69 Å². The summed E-state index contributed by atoms with van der Waals surface area (Å²) in [4.78, 5) is 12.2. The van der Waals surface area contributed by atoms with Crippen LogP contribution in [0.25, 0.3) is 5.69 Å². The summed E-state index contributed by atoms with van der Waals surface area (Å²) >= 11 is 0. The van der Waals surface area contributed by atoms with E-state index in [0.29, 0.717) is 12.5 Å². The largest absolute Gasteiger partial charge is 0.351 e. The highest BCUT2D eigenvalue weighted by atomic mass is 16.2. The van der Waals surface area contributed by atoms with E-state index in [4.69, 9.17) is 5.73 Å². The molecule has 1 fully saturated rings. The first kappa shape index (κ1) is 16.7. The Labute approximate surface area is 143 Å². The molecule has 5 nitrogen and oxygen atoms in total. The fourth-order valence-electron chi connectivity index (χ4n) is 3.38. The molecule has 1 unspecified atom stereocenters. The maximum absolute atomic E-state index is 12.2. The van der Waals surface area contributed by atoms with Crippen LogP contribution in [-0.2, 0) is 11.3 Å². The summed E-state index contributed by atoms with van der Waals surface area (Å²) in [7, 11) is 0. The fourth-order valence-corrected chi connectivity index (χ4v) is 3.38. The van der Waals surface area contributed by atoms with Gasteiger partial charge in [0.05, 0.1) is 17.9 Å². The van der Waals surface area contributed by atoms with Crippen LogP contribution in [0.4, 0.5) is 0 Å². The summed E-state index contributed by atoms with van der Waals surface area (Å²) in [5, 5.41) is 7.27. The van der Waals surface area contributed by atoms with E-state index in [1.807, 2.05) is 41.2 Å². The predicted molar refractivity (Wildman–Crippen MR) is 94.6 cm³/mol. The maximum Gasteiger partial charge on any atom is 0.237 e. The molecule has 1 aliphatic carbocycles. The lowest BCUT2D eigenvalue weighted by Gasteiger charge is -2.24. The van der Waals surface area contributed by atoms with Crippen molar-refractivity contribution in [2.45, 2.75) is 51.1 Å². The molecule has 128 valence electrons. The molecule has 2 aromatic rings. The number of carbonyl (C=O) groups is 1. The SMILES string of the molecule is NC(CC1CCCCC1)C(=O)NCc1cnn(-c2ccccc2)c1. The summed E-state index contributed by atoms with van der Waals surface area (Å²) in [6.45, 7) is 0.462. The van der Waals surface area contributed by atoms with Crippen LogP contribution in [0.15, 0.2) is 42.7 Å². The van der Waals surface area contributed by atoms with Crippen LogP contribution in [0, 0.1) is 5.92 Å². The topological polar surface area (TPSA) is 72.9 Å². The van der Waals surface area contributed by atoms with Gasteiger partial charge in [0.15, 0.2) is 0 Å². The minimum absolute atomic E-state index is 0.0620. The van der Waals surface area contributed by atoms with Crippen molar-refractivity contribution in [3.05, 3.63) is 48.3 Å². The van der Waals surface area contributed by atoms with Crippen molar-refractivity contribution in [3.63, 3.8) is 0 Å². The van der Waals surface area contributed by atoms with Gasteiger partial charge in [0, 0.05) is 18.3 Å². The summed E-state index contributed by atoms with van der Waals surface area (Å²) < 4.78 is 1.81. The first-order valence-electron chi connectivity index (χ1n) is 8.84. The Hall–Kier alpha value is -2.14. The van der Waals surface area contributed by atoms with E-state index in [2.05, 4.69) is 10.4 Å². The number of para-hydroxylation sites is 1. The number of rotatable bonds is 6. The summed E-state index contributed by atoms with van der Waals surface area (Å²) in [5.41, 5.74) is 8.05. The van der Waals surface area contributed by atoms with Crippen LogP contribution in [0.2, 0.25) is 0 Å². The van der Waals surface area contributed by atoms with Gasteiger partial charge in [0.2, 0.25) is 5.91 Å². The Kier molecular flexibility index (Phi) is 5.64. The molecule has 1 amide bonds. The third-order valence-corrected chi connectivity index (χ3v) is 4.77. The third-order valence-electron chi connectivity index (χ3n) is 4.77. The second-order valence-electron chi connectivity index (χ2n) is 6.69. The zero-order valence-corrected chi connectivity index (χ0v) is 14.0. The van der Waals surface area contributed by atoms with Crippen molar-refractivity contribution < 1.29 is 4.79 Å².